The molecular formula is C17H20. The summed E-state index contributed by atoms with van der Waals surface area (Å²) < 4.78 is 0. The van der Waals surface area contributed by atoms with E-state index in [0.29, 0.717) is 5.92 Å². The third-order valence-electron chi connectivity index (χ3n) is 3.61. The maximum absolute atomic E-state index is 2.32. The van der Waals surface area contributed by atoms with Crippen LogP contribution in [-0.4, -0.2) is 0 Å². The van der Waals surface area contributed by atoms with Crippen molar-refractivity contribution in [3.8, 4) is 0 Å². The van der Waals surface area contributed by atoms with Crippen LogP contribution in [0, 0.1) is 0 Å². The van der Waals surface area contributed by atoms with Gasteiger partial charge in [0.1, 0.15) is 0 Å². The predicted molar refractivity (Wildman–Crippen MR) is 76.4 cm³/mol. The second kappa shape index (κ2) is 5.18. The van der Waals surface area contributed by atoms with Crippen molar-refractivity contribution in [2.24, 2.45) is 0 Å². The van der Waals surface area contributed by atoms with E-state index >= 15 is 0 Å². The summed E-state index contributed by atoms with van der Waals surface area (Å²) in [5, 5.41) is 2.66. The van der Waals surface area contributed by atoms with Crippen LogP contribution in [0.3, 0.4) is 0 Å². The molecule has 0 amide bonds. The Morgan fingerprint density at radius 2 is 1.82 bits per heavy atom. The van der Waals surface area contributed by atoms with Gasteiger partial charge in [-0.2, -0.15) is 0 Å². The van der Waals surface area contributed by atoms with E-state index in [-0.39, 0.29) is 0 Å². The topological polar surface area (TPSA) is 0 Å². The van der Waals surface area contributed by atoms with Crippen LogP contribution >= 0.6 is 0 Å². The highest BCUT2D eigenvalue weighted by atomic mass is 14.1. The van der Waals surface area contributed by atoms with E-state index in [1.165, 1.54) is 21.9 Å². The van der Waals surface area contributed by atoms with Crippen LogP contribution in [0.1, 0.15) is 38.7 Å². The van der Waals surface area contributed by atoms with Crippen LogP contribution in [0.2, 0.25) is 0 Å². The van der Waals surface area contributed by atoms with Crippen molar-refractivity contribution in [2.45, 2.75) is 33.1 Å². The molecule has 17 heavy (non-hydrogen) atoms. The van der Waals surface area contributed by atoms with Gasteiger partial charge in [0.15, 0.2) is 0 Å². The Bertz CT molecular complexity index is 534. The summed E-state index contributed by atoms with van der Waals surface area (Å²) in [7, 11) is 0. The summed E-state index contributed by atoms with van der Waals surface area (Å²) in [5.41, 5.74) is 2.93. The quantitative estimate of drug-likeness (QED) is 0.621. The van der Waals surface area contributed by atoms with Crippen LogP contribution in [0.15, 0.2) is 54.1 Å². The summed E-state index contributed by atoms with van der Waals surface area (Å²) in [4.78, 5) is 0. The van der Waals surface area contributed by atoms with Crippen LogP contribution in [0.4, 0.5) is 0 Å². The highest BCUT2D eigenvalue weighted by Gasteiger charge is 2.09. The number of allylic oxidation sites excluding steroid dienone is 2. The molecular weight excluding hydrogens is 204 g/mol. The van der Waals surface area contributed by atoms with Gasteiger partial charge >= 0.3 is 0 Å². The van der Waals surface area contributed by atoms with E-state index in [2.05, 4.69) is 69.3 Å². The minimum absolute atomic E-state index is 0.523. The second-order valence-electron chi connectivity index (χ2n) is 4.55. The van der Waals surface area contributed by atoms with E-state index in [9.17, 15) is 0 Å². The molecule has 0 aliphatic rings. The maximum atomic E-state index is 2.32. The minimum atomic E-state index is 0.523. The Morgan fingerprint density at radius 1 is 1.12 bits per heavy atom. The standard InChI is InChI=1S/C17H20/c1-4-14(5-2)13(3)16-11-10-15-8-6-7-9-17(15)12-16/h4,6-13H,5H2,1-3H3/b14-4-. The number of rotatable bonds is 3. The number of fused-ring (bicyclic) bond motifs is 1. The van der Waals surface area contributed by atoms with Gasteiger partial charge in [-0.05, 0) is 29.7 Å². The van der Waals surface area contributed by atoms with Gasteiger partial charge in [-0.3, -0.25) is 0 Å². The van der Waals surface area contributed by atoms with E-state index in [0.717, 1.165) is 6.42 Å². The van der Waals surface area contributed by atoms with Crippen molar-refractivity contribution in [3.63, 3.8) is 0 Å². The predicted octanol–water partition coefficient (Wildman–Crippen LogP) is 5.30. The Morgan fingerprint density at radius 3 is 2.47 bits per heavy atom. The van der Waals surface area contributed by atoms with Gasteiger partial charge in [0.05, 0.1) is 0 Å². The third-order valence-corrected chi connectivity index (χ3v) is 3.61. The average molecular weight is 224 g/mol. The first-order valence-electron chi connectivity index (χ1n) is 6.40. The molecule has 0 bridgehead atoms. The molecule has 88 valence electrons. The van der Waals surface area contributed by atoms with E-state index in [1.54, 1.807) is 0 Å². The molecule has 2 aromatic rings. The normalized spacial score (nSPS) is 13.9. The van der Waals surface area contributed by atoms with Gasteiger partial charge in [0.2, 0.25) is 0 Å². The van der Waals surface area contributed by atoms with Crippen molar-refractivity contribution in [2.75, 3.05) is 0 Å². The van der Waals surface area contributed by atoms with Crippen molar-refractivity contribution in [3.05, 3.63) is 59.7 Å². The molecule has 0 spiro atoms. The van der Waals surface area contributed by atoms with Gasteiger partial charge in [-0.1, -0.05) is 68.0 Å². The zero-order chi connectivity index (χ0) is 12.3. The molecule has 0 nitrogen and oxygen atoms in total. The van der Waals surface area contributed by atoms with Gasteiger partial charge in [-0.25, -0.2) is 0 Å². The Hall–Kier alpha value is -1.56. The lowest BCUT2D eigenvalue weighted by molar-refractivity contribution is 0.836. The van der Waals surface area contributed by atoms with Gasteiger partial charge < -0.3 is 0 Å². The zero-order valence-corrected chi connectivity index (χ0v) is 10.9. The minimum Gasteiger partial charge on any atom is -0.0879 e. The molecule has 0 saturated heterocycles. The van der Waals surface area contributed by atoms with Gasteiger partial charge in [-0.15, -0.1) is 0 Å². The zero-order valence-electron chi connectivity index (χ0n) is 10.9. The molecule has 0 saturated carbocycles. The lowest BCUT2D eigenvalue weighted by Crippen LogP contribution is -1.97. The van der Waals surface area contributed by atoms with Crippen molar-refractivity contribution < 1.29 is 0 Å². The lowest BCUT2D eigenvalue weighted by atomic mass is 9.90. The first-order valence-corrected chi connectivity index (χ1v) is 6.40. The third kappa shape index (κ3) is 2.41. The number of hydrogen-bond acceptors (Lipinski definition) is 0. The van der Waals surface area contributed by atoms with Crippen LogP contribution < -0.4 is 0 Å². The Labute approximate surface area is 104 Å². The van der Waals surface area contributed by atoms with Gasteiger partial charge in [0.25, 0.3) is 0 Å². The summed E-state index contributed by atoms with van der Waals surface area (Å²) in [5.74, 6) is 0.523. The molecule has 1 unspecified atom stereocenters. The molecule has 0 aliphatic carbocycles. The molecule has 0 radical (unpaired) electrons. The van der Waals surface area contributed by atoms with Crippen molar-refractivity contribution in [1.29, 1.82) is 0 Å². The van der Waals surface area contributed by atoms with Gasteiger partial charge in [0, 0.05) is 5.92 Å². The lowest BCUT2D eigenvalue weighted by Gasteiger charge is -2.15. The van der Waals surface area contributed by atoms with Crippen LogP contribution in [0.25, 0.3) is 10.8 Å². The van der Waals surface area contributed by atoms with E-state index < -0.39 is 0 Å². The van der Waals surface area contributed by atoms with E-state index in [4.69, 9.17) is 0 Å². The largest absolute Gasteiger partial charge is 0.0879 e. The summed E-state index contributed by atoms with van der Waals surface area (Å²) in [6, 6.07) is 15.4. The molecule has 0 aliphatic heterocycles. The molecule has 0 heterocycles. The highest BCUT2D eigenvalue weighted by molar-refractivity contribution is 5.83. The summed E-state index contributed by atoms with van der Waals surface area (Å²) in [6.45, 7) is 6.66. The van der Waals surface area contributed by atoms with Crippen LogP contribution in [-0.2, 0) is 0 Å². The molecule has 0 heteroatoms. The average Bonchev–Trinajstić information content (AvgIpc) is 2.39. The fourth-order valence-corrected chi connectivity index (χ4v) is 2.45. The molecule has 2 aromatic carbocycles. The smallest absolute Gasteiger partial charge is 0.00198 e. The first-order chi connectivity index (χ1) is 8.26. The molecule has 1 atom stereocenters. The molecule has 0 N–H and O–H groups in total. The summed E-state index contributed by atoms with van der Waals surface area (Å²) >= 11 is 0. The summed E-state index contributed by atoms with van der Waals surface area (Å²) in [6.07, 6.45) is 3.38. The molecule has 0 aromatic heterocycles. The maximum Gasteiger partial charge on any atom is 0.00198 e. The monoisotopic (exact) mass is 224 g/mol. The first kappa shape index (κ1) is 11.9. The highest BCUT2D eigenvalue weighted by Crippen LogP contribution is 2.28. The van der Waals surface area contributed by atoms with Crippen LogP contribution in [0.5, 0.6) is 0 Å². The Kier molecular flexibility index (Phi) is 3.63. The Balaban J connectivity index is 2.42. The second-order valence-corrected chi connectivity index (χ2v) is 4.55. The van der Waals surface area contributed by atoms with Crippen molar-refractivity contribution >= 4 is 10.8 Å². The molecule has 2 rings (SSSR count). The fourth-order valence-electron chi connectivity index (χ4n) is 2.45. The SMILES string of the molecule is C/C=C(/CC)C(C)c1ccc2ccccc2c1. The van der Waals surface area contributed by atoms with E-state index in [1.807, 2.05) is 0 Å². The fraction of sp³-hybridized carbons (Fsp3) is 0.294. The number of hydrogen-bond donors (Lipinski definition) is 0. The number of benzene rings is 2. The van der Waals surface area contributed by atoms with Crippen molar-refractivity contribution in [1.82, 2.24) is 0 Å². The molecule has 0 fully saturated rings.